The first-order valence-electron chi connectivity index (χ1n) is 6.15. The lowest BCUT2D eigenvalue weighted by molar-refractivity contribution is 0.0992. The van der Waals surface area contributed by atoms with E-state index < -0.39 is 6.10 Å². The number of hydrogen-bond acceptors (Lipinski definition) is 3. The normalized spacial score (nSPS) is 13.6. The Morgan fingerprint density at radius 3 is 2.50 bits per heavy atom. The Morgan fingerprint density at radius 2 is 1.94 bits per heavy atom. The molecule has 1 aromatic heterocycles. The standard InChI is InChI=1S/C15H19NOS/c1-11-16-13(10-18-11)9-14(17)15(2,3)12-7-5-4-6-8-12/h4-8,10,14,17H,9H2,1-3H3. The van der Waals surface area contributed by atoms with Crippen molar-refractivity contribution in [2.24, 2.45) is 0 Å². The van der Waals surface area contributed by atoms with E-state index in [-0.39, 0.29) is 5.41 Å². The fourth-order valence-electron chi connectivity index (χ4n) is 2.02. The van der Waals surface area contributed by atoms with Gasteiger partial charge in [-0.1, -0.05) is 44.2 Å². The molecule has 0 aliphatic carbocycles. The second-order valence-corrected chi connectivity index (χ2v) is 6.23. The molecule has 1 aromatic carbocycles. The highest BCUT2D eigenvalue weighted by Crippen LogP contribution is 2.29. The summed E-state index contributed by atoms with van der Waals surface area (Å²) in [6.07, 6.45) is 0.174. The van der Waals surface area contributed by atoms with Gasteiger partial charge in [-0.25, -0.2) is 4.98 Å². The van der Waals surface area contributed by atoms with E-state index in [4.69, 9.17) is 0 Å². The summed E-state index contributed by atoms with van der Waals surface area (Å²) in [6.45, 7) is 6.14. The van der Waals surface area contributed by atoms with Gasteiger partial charge >= 0.3 is 0 Å². The number of nitrogens with zero attached hydrogens (tertiary/aromatic N) is 1. The fraction of sp³-hybridized carbons (Fsp3) is 0.400. The van der Waals surface area contributed by atoms with Crippen molar-refractivity contribution in [1.29, 1.82) is 0 Å². The molecule has 1 N–H and O–H groups in total. The molecule has 0 fully saturated rings. The minimum Gasteiger partial charge on any atom is -0.392 e. The molecule has 1 atom stereocenters. The average Bonchev–Trinajstić information content (AvgIpc) is 2.76. The number of thiazole rings is 1. The lowest BCUT2D eigenvalue weighted by atomic mass is 9.78. The number of rotatable bonds is 4. The molecule has 0 aliphatic rings. The molecule has 0 saturated carbocycles. The molecule has 2 nitrogen and oxygen atoms in total. The molecule has 96 valence electrons. The zero-order valence-corrected chi connectivity index (χ0v) is 11.9. The van der Waals surface area contributed by atoms with E-state index in [1.54, 1.807) is 11.3 Å². The monoisotopic (exact) mass is 261 g/mol. The quantitative estimate of drug-likeness (QED) is 0.915. The van der Waals surface area contributed by atoms with Gasteiger partial charge in [-0.15, -0.1) is 11.3 Å². The summed E-state index contributed by atoms with van der Waals surface area (Å²) in [5.74, 6) is 0. The highest BCUT2D eigenvalue weighted by Gasteiger charge is 2.30. The maximum Gasteiger partial charge on any atom is 0.0897 e. The maximum atomic E-state index is 10.5. The van der Waals surface area contributed by atoms with Gasteiger partial charge in [0.15, 0.2) is 0 Å². The number of aryl methyl sites for hydroxylation is 1. The lowest BCUT2D eigenvalue weighted by Crippen LogP contribution is -2.35. The van der Waals surface area contributed by atoms with Gasteiger partial charge in [0.1, 0.15) is 0 Å². The van der Waals surface area contributed by atoms with Crippen molar-refractivity contribution < 1.29 is 5.11 Å². The Morgan fingerprint density at radius 1 is 1.28 bits per heavy atom. The lowest BCUT2D eigenvalue weighted by Gasteiger charge is -2.30. The molecule has 0 bridgehead atoms. The van der Waals surface area contributed by atoms with Crippen LogP contribution in [0, 0.1) is 6.92 Å². The molecule has 0 amide bonds. The summed E-state index contributed by atoms with van der Waals surface area (Å²) < 4.78 is 0. The second kappa shape index (κ2) is 5.21. The first kappa shape index (κ1) is 13.2. The summed E-state index contributed by atoms with van der Waals surface area (Å²) in [5, 5.41) is 13.5. The minimum atomic E-state index is -0.429. The first-order valence-corrected chi connectivity index (χ1v) is 7.02. The molecule has 3 heteroatoms. The van der Waals surface area contributed by atoms with E-state index in [0.29, 0.717) is 6.42 Å². The predicted octanol–water partition coefficient (Wildman–Crippen LogP) is 3.33. The summed E-state index contributed by atoms with van der Waals surface area (Å²) >= 11 is 1.63. The van der Waals surface area contributed by atoms with Crippen LogP contribution in [-0.4, -0.2) is 16.2 Å². The summed E-state index contributed by atoms with van der Waals surface area (Å²) in [7, 11) is 0. The number of aliphatic hydroxyl groups is 1. The Bertz CT molecular complexity index is 504. The van der Waals surface area contributed by atoms with Crippen LogP contribution in [0.15, 0.2) is 35.7 Å². The van der Waals surface area contributed by atoms with E-state index in [2.05, 4.69) is 31.0 Å². The van der Waals surface area contributed by atoms with Crippen molar-refractivity contribution in [1.82, 2.24) is 4.98 Å². The van der Waals surface area contributed by atoms with Gasteiger partial charge in [-0.05, 0) is 12.5 Å². The molecule has 0 saturated heterocycles. The Labute approximate surface area is 112 Å². The molecule has 0 aliphatic heterocycles. The van der Waals surface area contributed by atoms with Crippen molar-refractivity contribution in [2.45, 2.75) is 38.7 Å². The topological polar surface area (TPSA) is 33.1 Å². The van der Waals surface area contributed by atoms with E-state index >= 15 is 0 Å². The van der Waals surface area contributed by atoms with E-state index in [9.17, 15) is 5.11 Å². The van der Waals surface area contributed by atoms with Crippen LogP contribution in [0.2, 0.25) is 0 Å². The van der Waals surface area contributed by atoms with Crippen LogP contribution in [0.4, 0.5) is 0 Å². The third kappa shape index (κ3) is 2.79. The molecular weight excluding hydrogens is 242 g/mol. The van der Waals surface area contributed by atoms with Gasteiger partial charge in [0.2, 0.25) is 0 Å². The summed E-state index contributed by atoms with van der Waals surface area (Å²) in [6, 6.07) is 10.1. The van der Waals surface area contributed by atoms with Crippen LogP contribution in [0.3, 0.4) is 0 Å². The van der Waals surface area contributed by atoms with Crippen LogP contribution in [0.5, 0.6) is 0 Å². The van der Waals surface area contributed by atoms with Crippen LogP contribution in [0.1, 0.15) is 30.1 Å². The van der Waals surface area contributed by atoms with Gasteiger partial charge in [0, 0.05) is 17.2 Å². The average molecular weight is 261 g/mol. The molecule has 1 heterocycles. The van der Waals surface area contributed by atoms with Gasteiger partial charge in [0.05, 0.1) is 16.8 Å². The van der Waals surface area contributed by atoms with Gasteiger partial charge < -0.3 is 5.11 Å². The van der Waals surface area contributed by atoms with Crippen molar-refractivity contribution in [3.63, 3.8) is 0 Å². The predicted molar refractivity (Wildman–Crippen MR) is 76.0 cm³/mol. The highest BCUT2D eigenvalue weighted by atomic mass is 32.1. The molecular formula is C15H19NOS. The Kier molecular flexibility index (Phi) is 3.83. The Hall–Kier alpha value is -1.19. The minimum absolute atomic E-state index is 0.265. The second-order valence-electron chi connectivity index (χ2n) is 5.17. The van der Waals surface area contributed by atoms with Crippen molar-refractivity contribution in [3.05, 3.63) is 52.0 Å². The zero-order chi connectivity index (χ0) is 13.2. The maximum absolute atomic E-state index is 10.5. The van der Waals surface area contributed by atoms with Crippen LogP contribution >= 0.6 is 11.3 Å². The van der Waals surface area contributed by atoms with Crippen molar-refractivity contribution in [2.75, 3.05) is 0 Å². The van der Waals surface area contributed by atoms with E-state index in [1.807, 2.05) is 30.5 Å². The van der Waals surface area contributed by atoms with Crippen LogP contribution in [0.25, 0.3) is 0 Å². The zero-order valence-electron chi connectivity index (χ0n) is 11.1. The van der Waals surface area contributed by atoms with Crippen LogP contribution < -0.4 is 0 Å². The largest absolute Gasteiger partial charge is 0.392 e. The smallest absolute Gasteiger partial charge is 0.0897 e. The molecule has 2 aromatic rings. The third-order valence-corrected chi connectivity index (χ3v) is 4.24. The number of aliphatic hydroxyl groups excluding tert-OH is 1. The van der Waals surface area contributed by atoms with E-state index in [0.717, 1.165) is 16.3 Å². The van der Waals surface area contributed by atoms with Gasteiger partial charge in [0.25, 0.3) is 0 Å². The van der Waals surface area contributed by atoms with Gasteiger partial charge in [-0.3, -0.25) is 0 Å². The van der Waals surface area contributed by atoms with Crippen molar-refractivity contribution in [3.8, 4) is 0 Å². The Balaban J connectivity index is 2.15. The molecule has 2 rings (SSSR count). The van der Waals surface area contributed by atoms with Crippen LogP contribution in [-0.2, 0) is 11.8 Å². The molecule has 18 heavy (non-hydrogen) atoms. The SMILES string of the molecule is Cc1nc(CC(O)C(C)(C)c2ccccc2)cs1. The number of hydrogen-bond donors (Lipinski definition) is 1. The number of aromatic nitrogens is 1. The van der Waals surface area contributed by atoms with E-state index in [1.165, 1.54) is 0 Å². The first-order chi connectivity index (χ1) is 8.50. The molecule has 0 radical (unpaired) electrons. The number of benzene rings is 1. The molecule has 1 unspecified atom stereocenters. The summed E-state index contributed by atoms with van der Waals surface area (Å²) in [5.41, 5.74) is 1.87. The third-order valence-electron chi connectivity index (χ3n) is 3.42. The van der Waals surface area contributed by atoms with Gasteiger partial charge in [-0.2, -0.15) is 0 Å². The highest BCUT2D eigenvalue weighted by molar-refractivity contribution is 7.09. The van der Waals surface area contributed by atoms with Crippen molar-refractivity contribution >= 4 is 11.3 Å². The fourth-order valence-corrected chi connectivity index (χ4v) is 2.64. The molecule has 0 spiro atoms. The summed E-state index contributed by atoms with van der Waals surface area (Å²) in [4.78, 5) is 4.42.